The second kappa shape index (κ2) is 8.25. The minimum Gasteiger partial charge on any atom is -0.368 e. The van der Waals surface area contributed by atoms with Crippen molar-refractivity contribution >= 4 is 39.7 Å². The summed E-state index contributed by atoms with van der Waals surface area (Å²) in [7, 11) is 2.18. The highest BCUT2D eigenvalue weighted by atomic mass is 15.3. The molecule has 3 N–H and O–H groups in total. The van der Waals surface area contributed by atoms with Crippen molar-refractivity contribution in [2.24, 2.45) is 0 Å². The van der Waals surface area contributed by atoms with Crippen LogP contribution >= 0.6 is 0 Å². The second-order valence-electron chi connectivity index (χ2n) is 7.71. The molecule has 4 aromatic rings. The van der Waals surface area contributed by atoms with Gasteiger partial charge in [0.1, 0.15) is 5.82 Å². The van der Waals surface area contributed by atoms with Crippen molar-refractivity contribution in [3.63, 3.8) is 0 Å². The monoisotopic (exact) mass is 402 g/mol. The van der Waals surface area contributed by atoms with Crippen molar-refractivity contribution in [2.45, 2.75) is 0 Å². The quantitative estimate of drug-likeness (QED) is 0.457. The molecule has 0 radical (unpaired) electrons. The van der Waals surface area contributed by atoms with Gasteiger partial charge in [0.05, 0.1) is 16.6 Å². The predicted octanol–water partition coefficient (Wildman–Crippen LogP) is 2.91. The molecule has 1 aliphatic heterocycles. The third-order valence-electron chi connectivity index (χ3n) is 5.54. The van der Waals surface area contributed by atoms with Crippen molar-refractivity contribution in [3.05, 3.63) is 48.5 Å². The van der Waals surface area contributed by atoms with Gasteiger partial charge >= 0.3 is 0 Å². The topological polar surface area (TPSA) is 85.0 Å². The number of imidazole rings is 1. The molecule has 3 heterocycles. The van der Waals surface area contributed by atoms with Crippen LogP contribution in [0.3, 0.4) is 0 Å². The van der Waals surface area contributed by atoms with Crippen LogP contribution in [0.2, 0.25) is 0 Å². The minimum absolute atomic E-state index is 0.523. The fourth-order valence-corrected chi connectivity index (χ4v) is 3.79. The number of rotatable bonds is 6. The van der Waals surface area contributed by atoms with E-state index in [1.165, 1.54) is 0 Å². The number of piperazine rings is 1. The second-order valence-corrected chi connectivity index (χ2v) is 7.71. The largest absolute Gasteiger partial charge is 0.368 e. The van der Waals surface area contributed by atoms with E-state index in [1.807, 2.05) is 42.5 Å². The Bertz CT molecular complexity index is 1110. The van der Waals surface area contributed by atoms with Crippen LogP contribution in [0.25, 0.3) is 21.9 Å². The van der Waals surface area contributed by atoms with Gasteiger partial charge in [-0.1, -0.05) is 24.3 Å². The number of para-hydroxylation sites is 3. The number of hydrogen-bond acceptors (Lipinski definition) is 7. The number of aromatic nitrogens is 4. The van der Waals surface area contributed by atoms with Gasteiger partial charge in [0.25, 0.3) is 0 Å². The van der Waals surface area contributed by atoms with E-state index in [0.29, 0.717) is 11.9 Å². The number of nitrogens with one attached hydrogen (secondary N) is 3. The Morgan fingerprint density at radius 2 is 1.67 bits per heavy atom. The molecule has 1 fully saturated rings. The third-order valence-corrected chi connectivity index (χ3v) is 5.54. The van der Waals surface area contributed by atoms with E-state index >= 15 is 0 Å². The number of benzene rings is 2. The van der Waals surface area contributed by atoms with Gasteiger partial charge in [-0.05, 0) is 31.3 Å². The number of anilines is 3. The number of hydrogen-bond donors (Lipinski definition) is 3. The summed E-state index contributed by atoms with van der Waals surface area (Å²) in [6, 6.07) is 16.0. The fourth-order valence-electron chi connectivity index (χ4n) is 3.79. The van der Waals surface area contributed by atoms with Crippen molar-refractivity contribution in [1.82, 2.24) is 29.7 Å². The highest BCUT2D eigenvalue weighted by Crippen LogP contribution is 2.23. The molecule has 1 aliphatic rings. The Kier molecular flexibility index (Phi) is 5.17. The molecule has 0 bridgehead atoms. The highest BCUT2D eigenvalue weighted by Gasteiger charge is 2.14. The summed E-state index contributed by atoms with van der Waals surface area (Å²) in [6.45, 7) is 6.32. The van der Waals surface area contributed by atoms with Gasteiger partial charge in [-0.3, -0.25) is 10.2 Å². The number of H-pyrrole nitrogens is 1. The van der Waals surface area contributed by atoms with E-state index in [1.54, 1.807) is 0 Å². The van der Waals surface area contributed by atoms with E-state index in [2.05, 4.69) is 48.5 Å². The van der Waals surface area contributed by atoms with Gasteiger partial charge in [-0.2, -0.15) is 4.98 Å². The first-order valence-corrected chi connectivity index (χ1v) is 10.4. The number of likely N-dealkylation sites (N-methyl/N-ethyl adjacent to an activating group) is 1. The zero-order valence-corrected chi connectivity index (χ0v) is 17.1. The zero-order chi connectivity index (χ0) is 20.3. The lowest BCUT2D eigenvalue weighted by atomic mass is 10.2. The van der Waals surface area contributed by atoms with Crippen LogP contribution < -0.4 is 10.6 Å². The van der Waals surface area contributed by atoms with Gasteiger partial charge in [-0.25, -0.2) is 9.97 Å². The van der Waals surface area contributed by atoms with Gasteiger partial charge in [0.2, 0.25) is 11.9 Å². The molecule has 0 unspecified atom stereocenters. The van der Waals surface area contributed by atoms with E-state index in [0.717, 1.165) is 67.0 Å². The first kappa shape index (κ1) is 18.8. The maximum Gasteiger partial charge on any atom is 0.232 e. The van der Waals surface area contributed by atoms with Crippen molar-refractivity contribution < 1.29 is 0 Å². The lowest BCUT2D eigenvalue weighted by Gasteiger charge is -2.32. The van der Waals surface area contributed by atoms with E-state index in [4.69, 9.17) is 4.98 Å². The van der Waals surface area contributed by atoms with E-state index in [9.17, 15) is 0 Å². The summed E-state index contributed by atoms with van der Waals surface area (Å²) >= 11 is 0. The van der Waals surface area contributed by atoms with Crippen LogP contribution in [-0.4, -0.2) is 76.1 Å². The SMILES string of the molecule is CN1CCN(CCNc2nc(Nc3nc4ccccc4[nH]3)nc3ccccc23)CC1. The molecular weight excluding hydrogens is 376 g/mol. The summed E-state index contributed by atoms with van der Waals surface area (Å²) < 4.78 is 0. The Morgan fingerprint density at radius 3 is 2.50 bits per heavy atom. The van der Waals surface area contributed by atoms with Gasteiger partial charge in [0, 0.05) is 44.7 Å². The molecule has 8 nitrogen and oxygen atoms in total. The van der Waals surface area contributed by atoms with E-state index < -0.39 is 0 Å². The molecule has 2 aromatic carbocycles. The van der Waals surface area contributed by atoms with Crippen molar-refractivity contribution in [3.8, 4) is 0 Å². The van der Waals surface area contributed by atoms with Crippen LogP contribution in [0, 0.1) is 0 Å². The average Bonchev–Trinajstić information content (AvgIpc) is 3.17. The van der Waals surface area contributed by atoms with Crippen molar-refractivity contribution in [1.29, 1.82) is 0 Å². The van der Waals surface area contributed by atoms with Gasteiger partial charge in [0.15, 0.2) is 0 Å². The fraction of sp³-hybridized carbons (Fsp3) is 0.318. The number of fused-ring (bicyclic) bond motifs is 2. The maximum atomic E-state index is 4.74. The average molecular weight is 403 g/mol. The van der Waals surface area contributed by atoms with Gasteiger partial charge < -0.3 is 15.2 Å². The minimum atomic E-state index is 0.523. The van der Waals surface area contributed by atoms with Crippen LogP contribution in [-0.2, 0) is 0 Å². The Labute approximate surface area is 175 Å². The summed E-state index contributed by atoms with van der Waals surface area (Å²) in [5, 5.41) is 7.77. The zero-order valence-electron chi connectivity index (χ0n) is 17.1. The third kappa shape index (κ3) is 4.05. The summed E-state index contributed by atoms with van der Waals surface area (Å²) in [4.78, 5) is 22.1. The lowest BCUT2D eigenvalue weighted by Crippen LogP contribution is -2.45. The number of aromatic amines is 1. The number of nitrogens with zero attached hydrogens (tertiary/aromatic N) is 5. The predicted molar refractivity (Wildman–Crippen MR) is 121 cm³/mol. The summed E-state index contributed by atoms with van der Waals surface area (Å²) in [5.74, 6) is 2.00. The first-order valence-electron chi connectivity index (χ1n) is 10.4. The Balaban J connectivity index is 1.34. The van der Waals surface area contributed by atoms with Crippen LogP contribution in [0.1, 0.15) is 0 Å². The molecule has 0 saturated carbocycles. The summed E-state index contributed by atoms with van der Waals surface area (Å²) in [6.07, 6.45) is 0. The van der Waals surface area contributed by atoms with Crippen molar-refractivity contribution in [2.75, 3.05) is 56.9 Å². The molecule has 0 atom stereocenters. The maximum absolute atomic E-state index is 4.74. The Hall–Kier alpha value is -3.23. The van der Waals surface area contributed by atoms with Crippen LogP contribution in [0.5, 0.6) is 0 Å². The van der Waals surface area contributed by atoms with Gasteiger partial charge in [-0.15, -0.1) is 0 Å². The first-order chi connectivity index (χ1) is 14.7. The van der Waals surface area contributed by atoms with Crippen LogP contribution in [0.15, 0.2) is 48.5 Å². The molecular formula is C22H26N8. The highest BCUT2D eigenvalue weighted by molar-refractivity contribution is 5.90. The lowest BCUT2D eigenvalue weighted by molar-refractivity contribution is 0.158. The molecule has 2 aromatic heterocycles. The smallest absolute Gasteiger partial charge is 0.232 e. The molecule has 0 aliphatic carbocycles. The molecule has 30 heavy (non-hydrogen) atoms. The molecule has 0 amide bonds. The normalized spacial score (nSPS) is 15.6. The molecule has 5 rings (SSSR count). The van der Waals surface area contributed by atoms with Crippen LogP contribution in [0.4, 0.5) is 17.7 Å². The van der Waals surface area contributed by atoms with E-state index in [-0.39, 0.29) is 0 Å². The molecule has 0 spiro atoms. The summed E-state index contributed by atoms with van der Waals surface area (Å²) in [5.41, 5.74) is 2.78. The Morgan fingerprint density at radius 1 is 0.900 bits per heavy atom. The molecule has 154 valence electrons. The standard InChI is InChI=1S/C22H26N8/c1-29-12-14-30(15-13-29)11-10-23-20-16-6-2-3-7-17(16)24-22(27-20)28-21-25-18-8-4-5-9-19(18)26-21/h2-9H,10-15H2,1H3,(H3,23,24,25,26,27,28). The molecule has 8 heteroatoms. The molecule has 1 saturated heterocycles.